The summed E-state index contributed by atoms with van der Waals surface area (Å²) >= 11 is 0. The van der Waals surface area contributed by atoms with Gasteiger partial charge in [-0.3, -0.25) is 4.98 Å². The van der Waals surface area contributed by atoms with Crippen molar-refractivity contribution in [3.8, 4) is 17.2 Å². The van der Waals surface area contributed by atoms with Crippen LogP contribution in [0, 0.1) is 11.3 Å². The lowest BCUT2D eigenvalue weighted by atomic mass is 9.78. The van der Waals surface area contributed by atoms with Crippen molar-refractivity contribution < 1.29 is 10.0 Å². The fraction of sp³-hybridized carbons (Fsp3) is 0. The highest BCUT2D eigenvalue weighted by molar-refractivity contribution is 6.58. The summed E-state index contributed by atoms with van der Waals surface area (Å²) in [6.45, 7) is 0. The predicted octanol–water partition coefficient (Wildman–Crippen LogP) is 0.300. The van der Waals surface area contributed by atoms with Crippen LogP contribution in [0.3, 0.4) is 0 Å². The molecule has 0 amide bonds. The first kappa shape index (κ1) is 11.3. The van der Waals surface area contributed by atoms with Gasteiger partial charge in [-0.05, 0) is 17.6 Å². The Morgan fingerprint density at radius 1 is 1.24 bits per heavy atom. The maximum Gasteiger partial charge on any atom is 0.488 e. The SMILES string of the molecule is N#Cc1cc(B(O)O)ccc1-c1cccnc1. The molecule has 0 saturated carbocycles. The fourth-order valence-electron chi connectivity index (χ4n) is 1.59. The monoisotopic (exact) mass is 224 g/mol. The summed E-state index contributed by atoms with van der Waals surface area (Å²) in [6, 6.07) is 10.4. The van der Waals surface area contributed by atoms with Crippen LogP contribution in [0.1, 0.15) is 5.56 Å². The highest BCUT2D eigenvalue weighted by Crippen LogP contribution is 2.21. The van der Waals surface area contributed by atoms with Crippen molar-refractivity contribution in [2.45, 2.75) is 0 Å². The van der Waals surface area contributed by atoms with Gasteiger partial charge in [0.2, 0.25) is 0 Å². The second-order valence-electron chi connectivity index (χ2n) is 3.53. The van der Waals surface area contributed by atoms with Crippen LogP contribution >= 0.6 is 0 Å². The predicted molar refractivity (Wildman–Crippen MR) is 64.2 cm³/mol. The molecule has 2 N–H and O–H groups in total. The lowest BCUT2D eigenvalue weighted by Crippen LogP contribution is -2.29. The van der Waals surface area contributed by atoms with Gasteiger partial charge in [-0.2, -0.15) is 5.26 Å². The molecule has 2 aromatic rings. The normalized spacial score (nSPS) is 9.71. The third kappa shape index (κ3) is 2.33. The molecular formula is C12H9BN2O2. The minimum absolute atomic E-state index is 0.300. The number of nitrogens with zero attached hydrogens (tertiary/aromatic N) is 2. The quantitative estimate of drug-likeness (QED) is 0.719. The number of hydrogen-bond donors (Lipinski definition) is 2. The van der Waals surface area contributed by atoms with E-state index in [2.05, 4.69) is 4.98 Å². The molecule has 1 aromatic carbocycles. The molecule has 0 spiro atoms. The molecule has 0 aliphatic carbocycles. The molecule has 4 nitrogen and oxygen atoms in total. The highest BCUT2D eigenvalue weighted by Gasteiger charge is 2.13. The Bertz CT molecular complexity index is 564. The molecule has 0 bridgehead atoms. The van der Waals surface area contributed by atoms with Gasteiger partial charge >= 0.3 is 7.12 Å². The Morgan fingerprint density at radius 3 is 2.65 bits per heavy atom. The Morgan fingerprint density at radius 2 is 2.06 bits per heavy atom. The second-order valence-corrected chi connectivity index (χ2v) is 3.53. The lowest BCUT2D eigenvalue weighted by molar-refractivity contribution is 0.426. The van der Waals surface area contributed by atoms with Crippen molar-refractivity contribution in [3.63, 3.8) is 0 Å². The Kier molecular flexibility index (Phi) is 3.19. The van der Waals surface area contributed by atoms with Crippen LogP contribution in [-0.4, -0.2) is 22.2 Å². The number of rotatable bonds is 2. The van der Waals surface area contributed by atoms with E-state index in [0.717, 1.165) is 11.1 Å². The first-order chi connectivity index (χ1) is 8.22. The molecule has 0 unspecified atom stereocenters. The van der Waals surface area contributed by atoms with Crippen molar-refractivity contribution in [3.05, 3.63) is 48.3 Å². The Hall–Kier alpha value is -2.16. The summed E-state index contributed by atoms with van der Waals surface area (Å²) in [4.78, 5) is 3.99. The standard InChI is InChI=1S/C12H9BN2O2/c14-7-10-6-11(13(16)17)3-4-12(10)9-2-1-5-15-8-9/h1-6,8,16-17H. The first-order valence-corrected chi connectivity index (χ1v) is 5.03. The molecule has 0 aliphatic rings. The average molecular weight is 224 g/mol. The summed E-state index contributed by atoms with van der Waals surface area (Å²) in [5.74, 6) is 0. The van der Waals surface area contributed by atoms with Crippen LogP contribution in [0.4, 0.5) is 0 Å². The minimum Gasteiger partial charge on any atom is -0.423 e. The molecule has 0 atom stereocenters. The van der Waals surface area contributed by atoms with Crippen LogP contribution in [0.2, 0.25) is 0 Å². The zero-order chi connectivity index (χ0) is 12.3. The molecule has 82 valence electrons. The van der Waals surface area contributed by atoms with Crippen LogP contribution in [0.25, 0.3) is 11.1 Å². The summed E-state index contributed by atoms with van der Waals surface area (Å²) in [5, 5.41) is 27.1. The maximum atomic E-state index is 9.05. The van der Waals surface area contributed by atoms with Crippen molar-refractivity contribution >= 4 is 12.6 Å². The summed E-state index contributed by atoms with van der Waals surface area (Å²) in [7, 11) is -1.56. The molecule has 17 heavy (non-hydrogen) atoms. The zero-order valence-electron chi connectivity index (χ0n) is 8.91. The third-order valence-electron chi connectivity index (χ3n) is 2.43. The van der Waals surface area contributed by atoms with E-state index in [4.69, 9.17) is 15.3 Å². The van der Waals surface area contributed by atoms with E-state index < -0.39 is 7.12 Å². The van der Waals surface area contributed by atoms with Crippen LogP contribution in [0.5, 0.6) is 0 Å². The van der Waals surface area contributed by atoms with Gasteiger partial charge in [0, 0.05) is 23.5 Å². The van der Waals surface area contributed by atoms with Crippen LogP contribution in [-0.2, 0) is 0 Å². The highest BCUT2D eigenvalue weighted by atomic mass is 16.4. The van der Waals surface area contributed by atoms with Gasteiger partial charge in [-0.15, -0.1) is 0 Å². The van der Waals surface area contributed by atoms with Crippen LogP contribution in [0.15, 0.2) is 42.7 Å². The van der Waals surface area contributed by atoms with Gasteiger partial charge in [-0.25, -0.2) is 0 Å². The largest absolute Gasteiger partial charge is 0.488 e. The molecule has 0 fully saturated rings. The topological polar surface area (TPSA) is 77.1 Å². The van der Waals surface area contributed by atoms with Gasteiger partial charge in [0.1, 0.15) is 0 Å². The van der Waals surface area contributed by atoms with E-state index in [1.807, 2.05) is 12.1 Å². The minimum atomic E-state index is -1.56. The molecule has 0 radical (unpaired) electrons. The van der Waals surface area contributed by atoms with Crippen molar-refractivity contribution in [2.24, 2.45) is 0 Å². The number of pyridine rings is 1. The van der Waals surface area contributed by atoms with E-state index in [0.29, 0.717) is 11.0 Å². The second kappa shape index (κ2) is 4.79. The van der Waals surface area contributed by atoms with Gasteiger partial charge in [-0.1, -0.05) is 18.2 Å². The smallest absolute Gasteiger partial charge is 0.423 e. The molecule has 2 rings (SSSR count). The Labute approximate surface area is 98.9 Å². The average Bonchev–Trinajstić information content (AvgIpc) is 2.39. The van der Waals surface area contributed by atoms with Crippen molar-refractivity contribution in [2.75, 3.05) is 0 Å². The Balaban J connectivity index is 2.54. The number of hydrogen-bond acceptors (Lipinski definition) is 4. The summed E-state index contributed by atoms with van der Waals surface area (Å²) < 4.78 is 0. The summed E-state index contributed by atoms with van der Waals surface area (Å²) in [6.07, 6.45) is 3.31. The summed E-state index contributed by atoms with van der Waals surface area (Å²) in [5.41, 5.74) is 2.24. The molecule has 0 saturated heterocycles. The maximum absolute atomic E-state index is 9.05. The van der Waals surface area contributed by atoms with Gasteiger partial charge in [0.05, 0.1) is 11.6 Å². The molecule has 5 heteroatoms. The van der Waals surface area contributed by atoms with Gasteiger partial charge < -0.3 is 10.0 Å². The van der Waals surface area contributed by atoms with Gasteiger partial charge in [0.15, 0.2) is 0 Å². The van der Waals surface area contributed by atoms with Crippen LogP contribution < -0.4 is 5.46 Å². The van der Waals surface area contributed by atoms with Crippen molar-refractivity contribution in [1.82, 2.24) is 4.98 Å². The number of benzene rings is 1. The molecule has 0 aliphatic heterocycles. The first-order valence-electron chi connectivity index (χ1n) is 5.03. The molecule has 1 heterocycles. The third-order valence-corrected chi connectivity index (χ3v) is 2.43. The van der Waals surface area contributed by atoms with E-state index in [-0.39, 0.29) is 0 Å². The number of nitriles is 1. The molecular weight excluding hydrogens is 215 g/mol. The van der Waals surface area contributed by atoms with Crippen molar-refractivity contribution in [1.29, 1.82) is 5.26 Å². The van der Waals surface area contributed by atoms with Gasteiger partial charge in [0.25, 0.3) is 0 Å². The van der Waals surface area contributed by atoms with E-state index in [1.165, 1.54) is 6.07 Å². The zero-order valence-corrected chi connectivity index (χ0v) is 8.91. The lowest BCUT2D eigenvalue weighted by Gasteiger charge is -2.06. The van der Waals surface area contributed by atoms with E-state index >= 15 is 0 Å². The van der Waals surface area contributed by atoms with E-state index in [9.17, 15) is 0 Å². The fourth-order valence-corrected chi connectivity index (χ4v) is 1.59. The van der Waals surface area contributed by atoms with E-state index in [1.54, 1.807) is 30.6 Å². The molecule has 1 aromatic heterocycles. The number of aromatic nitrogens is 1.